The molecule has 144 valence electrons. The van der Waals surface area contributed by atoms with Crippen LogP contribution in [-0.2, 0) is 4.79 Å². The first kappa shape index (κ1) is 19.2. The van der Waals surface area contributed by atoms with Gasteiger partial charge in [-0.1, -0.05) is 0 Å². The summed E-state index contributed by atoms with van der Waals surface area (Å²) >= 11 is 0. The molecule has 3 rings (SSSR count). The zero-order valence-electron chi connectivity index (χ0n) is 15.8. The van der Waals surface area contributed by atoms with Crippen LogP contribution in [0, 0.1) is 5.92 Å². The Labute approximate surface area is 159 Å². The van der Waals surface area contributed by atoms with Crippen LogP contribution in [0.1, 0.15) is 41.9 Å². The number of nitrogens with one attached hydrogen (secondary N) is 1. The lowest BCUT2D eigenvalue weighted by atomic mass is 9.89. The van der Waals surface area contributed by atoms with Crippen LogP contribution in [0.15, 0.2) is 47.1 Å². The van der Waals surface area contributed by atoms with E-state index in [9.17, 15) is 9.59 Å². The van der Waals surface area contributed by atoms with E-state index in [1.807, 2.05) is 43.3 Å². The van der Waals surface area contributed by atoms with Crippen molar-refractivity contribution in [3.8, 4) is 5.75 Å². The fraction of sp³-hybridized carbons (Fsp3) is 0.429. The Morgan fingerprint density at radius 1 is 1.22 bits per heavy atom. The molecule has 27 heavy (non-hydrogen) atoms. The van der Waals surface area contributed by atoms with Crippen LogP contribution in [0.4, 0.5) is 0 Å². The maximum absolute atomic E-state index is 12.7. The van der Waals surface area contributed by atoms with Crippen molar-refractivity contribution in [2.24, 2.45) is 5.92 Å². The number of furan rings is 1. The van der Waals surface area contributed by atoms with E-state index in [0.717, 1.165) is 43.0 Å². The van der Waals surface area contributed by atoms with Gasteiger partial charge in [0.25, 0.3) is 0 Å². The number of ketones is 1. The Bertz CT molecular complexity index is 747. The topological polar surface area (TPSA) is 71.8 Å². The maximum atomic E-state index is 12.7. The van der Waals surface area contributed by atoms with Crippen molar-refractivity contribution in [1.29, 1.82) is 0 Å². The van der Waals surface area contributed by atoms with Crippen LogP contribution >= 0.6 is 0 Å². The number of likely N-dealkylation sites (tertiary alicyclic amines) is 1. The van der Waals surface area contributed by atoms with Crippen LogP contribution in [0.25, 0.3) is 0 Å². The fourth-order valence-corrected chi connectivity index (χ4v) is 3.44. The average Bonchev–Trinajstić information content (AvgIpc) is 3.23. The standard InChI is InChI=1S/C21H26N2O4/c1-15(19-4-3-13-27-19)22-20(24)14-23-11-9-17(10-12-23)21(25)16-5-7-18(26-2)8-6-16/h3-8,13,15,17H,9-12,14H2,1-2H3,(H,22,24)/t15-/m1/s1. The van der Waals surface area contributed by atoms with Crippen LogP contribution in [-0.4, -0.2) is 43.3 Å². The molecular formula is C21H26N2O4. The van der Waals surface area contributed by atoms with Crippen LogP contribution in [0.5, 0.6) is 5.75 Å². The van der Waals surface area contributed by atoms with Crippen molar-refractivity contribution in [3.05, 3.63) is 54.0 Å². The molecule has 1 aliphatic heterocycles. The third kappa shape index (κ3) is 4.98. The minimum atomic E-state index is -0.151. The first-order valence-electron chi connectivity index (χ1n) is 9.30. The lowest BCUT2D eigenvalue weighted by molar-refractivity contribution is -0.123. The van der Waals surface area contributed by atoms with E-state index < -0.39 is 0 Å². The second-order valence-corrected chi connectivity index (χ2v) is 6.95. The van der Waals surface area contributed by atoms with Gasteiger partial charge >= 0.3 is 0 Å². The number of benzene rings is 1. The highest BCUT2D eigenvalue weighted by Gasteiger charge is 2.27. The van der Waals surface area contributed by atoms with Crippen LogP contribution in [0.3, 0.4) is 0 Å². The van der Waals surface area contributed by atoms with E-state index in [1.54, 1.807) is 13.4 Å². The smallest absolute Gasteiger partial charge is 0.234 e. The second kappa shape index (κ2) is 8.86. The molecule has 1 saturated heterocycles. The van der Waals surface area contributed by atoms with Crippen LogP contribution < -0.4 is 10.1 Å². The lowest BCUT2D eigenvalue weighted by Gasteiger charge is -2.31. The first-order valence-corrected chi connectivity index (χ1v) is 9.30. The Balaban J connectivity index is 1.45. The molecule has 1 amide bonds. The predicted molar refractivity (Wildman–Crippen MR) is 102 cm³/mol. The molecule has 6 nitrogen and oxygen atoms in total. The molecule has 0 bridgehead atoms. The van der Waals surface area contributed by atoms with Crippen molar-refractivity contribution in [2.75, 3.05) is 26.7 Å². The molecule has 0 aliphatic carbocycles. The summed E-state index contributed by atoms with van der Waals surface area (Å²) in [6.45, 7) is 3.73. The van der Waals surface area contributed by atoms with Gasteiger partial charge in [-0.25, -0.2) is 0 Å². The minimum Gasteiger partial charge on any atom is -0.497 e. The Morgan fingerprint density at radius 2 is 1.93 bits per heavy atom. The number of carbonyl (C=O) groups is 2. The first-order chi connectivity index (χ1) is 13.1. The second-order valence-electron chi connectivity index (χ2n) is 6.95. The molecule has 0 saturated carbocycles. The summed E-state index contributed by atoms with van der Waals surface area (Å²) in [5.74, 6) is 1.65. The van der Waals surface area contributed by atoms with Crippen molar-refractivity contribution >= 4 is 11.7 Å². The summed E-state index contributed by atoms with van der Waals surface area (Å²) in [6, 6.07) is 10.8. The minimum absolute atomic E-state index is 0.0137. The lowest BCUT2D eigenvalue weighted by Crippen LogP contribution is -2.43. The molecule has 1 aliphatic rings. The largest absolute Gasteiger partial charge is 0.497 e. The molecule has 0 spiro atoms. The maximum Gasteiger partial charge on any atom is 0.234 e. The summed E-state index contributed by atoms with van der Waals surface area (Å²) in [4.78, 5) is 27.0. The highest BCUT2D eigenvalue weighted by molar-refractivity contribution is 5.98. The summed E-state index contributed by atoms with van der Waals surface area (Å²) in [6.07, 6.45) is 3.14. The number of hydrogen-bond donors (Lipinski definition) is 1. The van der Waals surface area contributed by atoms with Gasteiger partial charge in [-0.3, -0.25) is 14.5 Å². The number of piperidine rings is 1. The third-order valence-electron chi connectivity index (χ3n) is 5.05. The molecule has 6 heteroatoms. The van der Waals surface area contributed by atoms with Gasteiger partial charge in [-0.15, -0.1) is 0 Å². The van der Waals surface area contributed by atoms with Gasteiger partial charge in [-0.2, -0.15) is 0 Å². The third-order valence-corrected chi connectivity index (χ3v) is 5.05. The van der Waals surface area contributed by atoms with Crippen molar-refractivity contribution < 1.29 is 18.7 Å². The molecule has 0 radical (unpaired) electrons. The summed E-state index contributed by atoms with van der Waals surface area (Å²) in [5.41, 5.74) is 0.722. The SMILES string of the molecule is COc1ccc(C(=O)C2CCN(CC(=O)N[C@H](C)c3ccco3)CC2)cc1. The quantitative estimate of drug-likeness (QED) is 0.759. The van der Waals surface area contributed by atoms with Gasteiger partial charge in [-0.05, 0) is 69.3 Å². The zero-order valence-corrected chi connectivity index (χ0v) is 15.8. The molecule has 1 aromatic carbocycles. The molecule has 1 aromatic heterocycles. The van der Waals surface area contributed by atoms with Crippen LogP contribution in [0.2, 0.25) is 0 Å². The highest BCUT2D eigenvalue weighted by Crippen LogP contribution is 2.23. The molecule has 1 N–H and O–H groups in total. The van der Waals surface area contributed by atoms with E-state index in [0.29, 0.717) is 6.54 Å². The van der Waals surface area contributed by atoms with Crippen molar-refractivity contribution in [3.63, 3.8) is 0 Å². The number of Topliss-reactive ketones (excluding diaryl/α,β-unsaturated/α-hetero) is 1. The van der Waals surface area contributed by atoms with Crippen molar-refractivity contribution in [2.45, 2.75) is 25.8 Å². The van der Waals surface area contributed by atoms with E-state index in [-0.39, 0.29) is 23.7 Å². The number of rotatable bonds is 7. The molecule has 1 atom stereocenters. The van der Waals surface area contributed by atoms with Gasteiger partial charge in [0.1, 0.15) is 11.5 Å². The number of nitrogens with zero attached hydrogens (tertiary/aromatic N) is 1. The molecule has 1 fully saturated rings. The Kier molecular flexibility index (Phi) is 6.29. The predicted octanol–water partition coefficient (Wildman–Crippen LogP) is 3.06. The van der Waals surface area contributed by atoms with Gasteiger partial charge in [0.2, 0.25) is 5.91 Å². The Hall–Kier alpha value is -2.60. The fourth-order valence-electron chi connectivity index (χ4n) is 3.44. The van der Waals surface area contributed by atoms with Crippen molar-refractivity contribution in [1.82, 2.24) is 10.2 Å². The van der Waals surface area contributed by atoms with E-state index in [4.69, 9.17) is 9.15 Å². The average molecular weight is 370 g/mol. The number of carbonyl (C=O) groups excluding carboxylic acids is 2. The van der Waals surface area contributed by atoms with Gasteiger partial charge in [0.15, 0.2) is 5.78 Å². The van der Waals surface area contributed by atoms with Gasteiger partial charge in [0.05, 0.1) is 26.0 Å². The molecule has 2 aromatic rings. The zero-order chi connectivity index (χ0) is 19.2. The summed E-state index contributed by atoms with van der Waals surface area (Å²) < 4.78 is 10.4. The molecule has 0 unspecified atom stereocenters. The summed E-state index contributed by atoms with van der Waals surface area (Å²) in [5, 5.41) is 2.95. The van der Waals surface area contributed by atoms with Gasteiger partial charge < -0.3 is 14.5 Å². The van der Waals surface area contributed by atoms with E-state index in [1.165, 1.54) is 0 Å². The number of amides is 1. The Morgan fingerprint density at radius 3 is 2.52 bits per heavy atom. The monoisotopic (exact) mass is 370 g/mol. The summed E-state index contributed by atoms with van der Waals surface area (Å²) in [7, 11) is 1.61. The highest BCUT2D eigenvalue weighted by atomic mass is 16.5. The van der Waals surface area contributed by atoms with Gasteiger partial charge in [0, 0.05) is 11.5 Å². The number of hydrogen-bond acceptors (Lipinski definition) is 5. The number of methoxy groups -OCH3 is 1. The number of ether oxygens (including phenoxy) is 1. The molecular weight excluding hydrogens is 344 g/mol. The van der Waals surface area contributed by atoms with E-state index in [2.05, 4.69) is 10.2 Å². The molecule has 2 heterocycles. The van der Waals surface area contributed by atoms with E-state index >= 15 is 0 Å². The normalized spacial score (nSPS) is 16.7.